The summed E-state index contributed by atoms with van der Waals surface area (Å²) in [4.78, 5) is 17.9. The van der Waals surface area contributed by atoms with E-state index in [1.54, 1.807) is 0 Å². The monoisotopic (exact) mass is 514 g/mol. The zero-order valence-electron chi connectivity index (χ0n) is 22.8. The zero-order chi connectivity index (χ0) is 26.6. The van der Waals surface area contributed by atoms with Crippen LogP contribution in [0.1, 0.15) is 108 Å². The van der Waals surface area contributed by atoms with Crippen molar-refractivity contribution in [2.24, 2.45) is 0 Å². The highest BCUT2D eigenvalue weighted by atomic mass is 31.2. The molecular formula is C30H43O5P. The summed E-state index contributed by atoms with van der Waals surface area (Å²) in [7, 11) is -4.48. The first-order valence-corrected chi connectivity index (χ1v) is 14.7. The van der Waals surface area contributed by atoms with Crippen molar-refractivity contribution < 1.29 is 23.6 Å². The molecule has 2 N–H and O–H groups in total. The first kappa shape index (κ1) is 28.7. The molecule has 1 aliphatic rings. The van der Waals surface area contributed by atoms with Crippen LogP contribution in [0, 0.1) is 0 Å². The van der Waals surface area contributed by atoms with Crippen LogP contribution in [0.15, 0.2) is 36.4 Å². The van der Waals surface area contributed by atoms with Gasteiger partial charge in [0.2, 0.25) is 0 Å². The van der Waals surface area contributed by atoms with E-state index in [4.69, 9.17) is 14.5 Å². The Bertz CT molecular complexity index is 1110. The largest absolute Gasteiger partial charge is 0.493 e. The second-order valence-corrected chi connectivity index (χ2v) is 12.6. The summed E-state index contributed by atoms with van der Waals surface area (Å²) < 4.78 is 22.2. The van der Waals surface area contributed by atoms with E-state index in [0.717, 1.165) is 48.3 Å². The maximum atomic E-state index is 11.0. The van der Waals surface area contributed by atoms with Crippen LogP contribution >= 0.6 is 7.82 Å². The number of rotatable bonds is 11. The van der Waals surface area contributed by atoms with Crippen molar-refractivity contribution in [1.82, 2.24) is 0 Å². The second kappa shape index (κ2) is 11.6. The van der Waals surface area contributed by atoms with E-state index in [0.29, 0.717) is 5.56 Å². The van der Waals surface area contributed by atoms with Crippen LogP contribution in [0.3, 0.4) is 0 Å². The Morgan fingerprint density at radius 3 is 2.28 bits per heavy atom. The summed E-state index contributed by atoms with van der Waals surface area (Å²) >= 11 is 0. The number of benzene rings is 2. The molecule has 0 aliphatic heterocycles. The molecule has 0 bridgehead atoms. The van der Waals surface area contributed by atoms with Crippen molar-refractivity contribution in [1.29, 1.82) is 0 Å². The number of fused-ring (bicyclic) bond motifs is 1. The number of hydrogen-bond donors (Lipinski definition) is 2. The lowest BCUT2D eigenvalue weighted by Crippen LogP contribution is -2.34. The molecule has 0 saturated heterocycles. The lowest BCUT2D eigenvalue weighted by molar-refractivity contribution is 0.189. The molecular weight excluding hydrogens is 471 g/mol. The van der Waals surface area contributed by atoms with E-state index in [9.17, 15) is 4.57 Å². The van der Waals surface area contributed by atoms with E-state index >= 15 is 0 Å². The summed E-state index contributed by atoms with van der Waals surface area (Å²) in [5.41, 5.74) is 6.88. The van der Waals surface area contributed by atoms with Crippen LogP contribution in [-0.2, 0) is 26.5 Å². The molecule has 198 valence electrons. The molecule has 0 saturated carbocycles. The van der Waals surface area contributed by atoms with Crippen molar-refractivity contribution in [3.8, 4) is 5.75 Å². The van der Waals surface area contributed by atoms with Gasteiger partial charge in [0.1, 0.15) is 5.75 Å². The van der Waals surface area contributed by atoms with Gasteiger partial charge in [0, 0.05) is 11.1 Å². The Labute approximate surface area is 217 Å². The molecule has 0 spiro atoms. The van der Waals surface area contributed by atoms with Crippen LogP contribution < -0.4 is 4.74 Å². The predicted molar refractivity (Wildman–Crippen MR) is 148 cm³/mol. The molecule has 36 heavy (non-hydrogen) atoms. The Hall–Kier alpha value is -1.91. The Morgan fingerprint density at radius 1 is 0.972 bits per heavy atom. The highest BCUT2D eigenvalue weighted by Crippen LogP contribution is 2.51. The van der Waals surface area contributed by atoms with Crippen LogP contribution in [0.4, 0.5) is 0 Å². The van der Waals surface area contributed by atoms with Gasteiger partial charge < -0.3 is 14.5 Å². The van der Waals surface area contributed by atoms with Gasteiger partial charge in [0.25, 0.3) is 0 Å². The third kappa shape index (κ3) is 7.32. The molecule has 0 radical (unpaired) electrons. The van der Waals surface area contributed by atoms with Crippen molar-refractivity contribution in [3.63, 3.8) is 0 Å². The summed E-state index contributed by atoms with van der Waals surface area (Å²) in [5, 5.41) is 0. The quantitative estimate of drug-likeness (QED) is 0.180. The fourth-order valence-electron chi connectivity index (χ4n) is 5.06. The predicted octanol–water partition coefficient (Wildman–Crippen LogP) is 8.16. The number of hydrogen-bond acceptors (Lipinski definition) is 3. The minimum atomic E-state index is -4.48. The fourth-order valence-corrected chi connectivity index (χ4v) is 5.38. The zero-order valence-corrected chi connectivity index (χ0v) is 23.7. The van der Waals surface area contributed by atoms with Crippen molar-refractivity contribution in [2.45, 2.75) is 97.5 Å². The number of allylic oxidation sites excluding steroid dienone is 1. The maximum absolute atomic E-state index is 11.0. The average Bonchev–Trinajstić information content (AvgIpc) is 2.80. The van der Waals surface area contributed by atoms with E-state index in [1.165, 1.54) is 30.4 Å². The van der Waals surface area contributed by atoms with Crippen molar-refractivity contribution in [3.05, 3.63) is 64.2 Å². The first-order valence-electron chi connectivity index (χ1n) is 13.1. The summed E-state index contributed by atoms with van der Waals surface area (Å²) in [6.45, 7) is 14.3. The molecule has 0 fully saturated rings. The molecule has 0 aromatic heterocycles. The lowest BCUT2D eigenvalue weighted by atomic mass is 9.62. The van der Waals surface area contributed by atoms with Gasteiger partial charge in [0.05, 0.1) is 13.2 Å². The number of phosphoric acid groups is 1. The van der Waals surface area contributed by atoms with Gasteiger partial charge in [-0.05, 0) is 59.3 Å². The smallest absolute Gasteiger partial charge is 0.469 e. The van der Waals surface area contributed by atoms with Gasteiger partial charge in [-0.1, -0.05) is 96.4 Å². The molecule has 0 atom stereocenters. The van der Waals surface area contributed by atoms with E-state index in [1.807, 2.05) is 24.3 Å². The van der Waals surface area contributed by atoms with Gasteiger partial charge in [0.15, 0.2) is 0 Å². The normalized spacial score (nSPS) is 17.1. The molecule has 2 aromatic carbocycles. The van der Waals surface area contributed by atoms with E-state index < -0.39 is 7.82 Å². The number of ether oxygens (including phenoxy) is 1. The fraction of sp³-hybridized carbons (Fsp3) is 0.533. The molecule has 1 aliphatic carbocycles. The van der Waals surface area contributed by atoms with Gasteiger partial charge in [-0.25, -0.2) is 4.57 Å². The highest BCUT2D eigenvalue weighted by molar-refractivity contribution is 7.46. The number of phosphoric ester groups is 1. The van der Waals surface area contributed by atoms with E-state index in [2.05, 4.69) is 64.3 Å². The Morgan fingerprint density at radius 2 is 1.64 bits per heavy atom. The molecule has 5 nitrogen and oxygen atoms in total. The van der Waals surface area contributed by atoms with Crippen molar-refractivity contribution in [2.75, 3.05) is 6.61 Å². The van der Waals surface area contributed by atoms with Crippen LogP contribution in [0.5, 0.6) is 5.75 Å². The number of unbranched alkanes of at least 4 members (excludes halogenated alkanes) is 3. The van der Waals surface area contributed by atoms with Gasteiger partial charge >= 0.3 is 7.82 Å². The molecule has 0 amide bonds. The second-order valence-electron chi connectivity index (χ2n) is 11.4. The summed E-state index contributed by atoms with van der Waals surface area (Å²) in [6, 6.07) is 12.1. The van der Waals surface area contributed by atoms with E-state index in [-0.39, 0.29) is 17.4 Å². The molecule has 3 rings (SSSR count). The van der Waals surface area contributed by atoms with Crippen LogP contribution in [0.25, 0.3) is 11.6 Å². The molecule has 6 heteroatoms. The third-order valence-corrected chi connectivity index (χ3v) is 7.84. The SMILES string of the molecule is CCCCCCOc1c(C(C)=Cc2ccc(COP(=O)(O)O)cc2)ccc2c1C(C)(C)CCC2(C)C. The minimum absolute atomic E-state index is 0.0421. The van der Waals surface area contributed by atoms with Gasteiger partial charge in [-0.3, -0.25) is 4.52 Å². The van der Waals surface area contributed by atoms with Gasteiger partial charge in [-0.15, -0.1) is 0 Å². The molecule has 0 unspecified atom stereocenters. The Balaban J connectivity index is 1.96. The third-order valence-electron chi connectivity index (χ3n) is 7.37. The van der Waals surface area contributed by atoms with Crippen LogP contribution in [0.2, 0.25) is 0 Å². The maximum Gasteiger partial charge on any atom is 0.469 e. The summed E-state index contributed by atoms with van der Waals surface area (Å²) in [5.74, 6) is 1.03. The van der Waals surface area contributed by atoms with Crippen molar-refractivity contribution >= 4 is 19.5 Å². The Kier molecular flexibility index (Phi) is 9.27. The highest BCUT2D eigenvalue weighted by Gasteiger charge is 2.40. The summed E-state index contributed by atoms with van der Waals surface area (Å²) in [6.07, 6.45) is 9.11. The average molecular weight is 515 g/mol. The topological polar surface area (TPSA) is 76.0 Å². The molecule has 0 heterocycles. The lowest BCUT2D eigenvalue weighted by Gasteiger charge is -2.43. The van der Waals surface area contributed by atoms with Gasteiger partial charge in [-0.2, -0.15) is 0 Å². The minimum Gasteiger partial charge on any atom is -0.493 e. The molecule has 2 aromatic rings. The first-order chi connectivity index (χ1) is 16.8. The van der Waals surface area contributed by atoms with Crippen LogP contribution in [-0.4, -0.2) is 16.4 Å². The standard InChI is InChI=1S/C30H43O5P/c1-7-8-9-10-19-34-28-25(15-16-26-27(28)30(5,6)18-17-29(26,3)4)22(2)20-23-11-13-24(14-12-23)21-35-36(31,32)33/h11-16,20H,7-10,17-19,21H2,1-6H3,(H2,31,32,33).